The molecule has 1 amide bonds. The quantitative estimate of drug-likeness (QED) is 0.793. The lowest BCUT2D eigenvalue weighted by Gasteiger charge is -2.12. The van der Waals surface area contributed by atoms with Crippen LogP contribution in [0.1, 0.15) is 35.9 Å². The maximum Gasteiger partial charge on any atom is 0.255 e. The van der Waals surface area contributed by atoms with Crippen molar-refractivity contribution in [3.63, 3.8) is 0 Å². The summed E-state index contributed by atoms with van der Waals surface area (Å²) in [6.45, 7) is 3.87. The summed E-state index contributed by atoms with van der Waals surface area (Å²) in [6.07, 6.45) is 4.13. The number of nitrogens with zero attached hydrogens (tertiary/aromatic N) is 3. The minimum atomic E-state index is -0.342. The molecule has 1 aromatic carbocycles. The molecule has 128 valence electrons. The number of fused-ring (bicyclic) bond motifs is 1. The van der Waals surface area contributed by atoms with Crippen molar-refractivity contribution in [2.24, 2.45) is 5.92 Å². The number of hydrogen-bond acceptors (Lipinski definition) is 3. The smallest absolute Gasteiger partial charge is 0.255 e. The van der Waals surface area contributed by atoms with E-state index in [4.69, 9.17) is 0 Å². The number of nitrogens with one attached hydrogen (secondary N) is 1. The molecule has 0 radical (unpaired) electrons. The Labute approximate surface area is 144 Å². The Hall–Kier alpha value is -2.76. The zero-order valence-electron chi connectivity index (χ0n) is 14.2. The van der Waals surface area contributed by atoms with Crippen LogP contribution in [-0.2, 0) is 0 Å². The number of halogens is 1. The molecule has 1 fully saturated rings. The fourth-order valence-corrected chi connectivity index (χ4v) is 3.06. The Bertz CT molecular complexity index is 961. The van der Waals surface area contributed by atoms with E-state index in [0.29, 0.717) is 34.3 Å². The van der Waals surface area contributed by atoms with Crippen molar-refractivity contribution < 1.29 is 9.18 Å². The first-order valence-corrected chi connectivity index (χ1v) is 8.45. The molecule has 1 N–H and O–H groups in total. The standard InChI is InChI=1S/C19H19FN4O/c1-11(13-6-7-13)21-19(25)16-8-9-24-12(2)22-17(23-18(16)24)14-4-3-5-15(20)10-14/h3-5,8-11,13H,6-7H2,1-2H3,(H,21,25). The molecule has 6 heteroatoms. The summed E-state index contributed by atoms with van der Waals surface area (Å²) < 4.78 is 15.3. The number of aromatic nitrogens is 3. The molecule has 1 atom stereocenters. The molecular formula is C19H19FN4O. The second-order valence-corrected chi connectivity index (χ2v) is 6.63. The summed E-state index contributed by atoms with van der Waals surface area (Å²) >= 11 is 0. The first-order chi connectivity index (χ1) is 12.0. The highest BCUT2D eigenvalue weighted by atomic mass is 19.1. The number of amides is 1. The molecule has 0 bridgehead atoms. The Balaban J connectivity index is 1.74. The molecule has 0 aliphatic heterocycles. The van der Waals surface area contributed by atoms with Gasteiger partial charge in [-0.1, -0.05) is 12.1 Å². The third-order valence-corrected chi connectivity index (χ3v) is 4.70. The molecule has 5 nitrogen and oxygen atoms in total. The van der Waals surface area contributed by atoms with Crippen LogP contribution >= 0.6 is 0 Å². The first-order valence-electron chi connectivity index (χ1n) is 8.45. The van der Waals surface area contributed by atoms with E-state index in [-0.39, 0.29) is 17.8 Å². The van der Waals surface area contributed by atoms with Gasteiger partial charge in [0.15, 0.2) is 11.5 Å². The monoisotopic (exact) mass is 338 g/mol. The molecule has 1 aliphatic rings. The van der Waals surface area contributed by atoms with Gasteiger partial charge in [0, 0.05) is 17.8 Å². The van der Waals surface area contributed by atoms with Crippen molar-refractivity contribution >= 4 is 11.6 Å². The Morgan fingerprint density at radius 1 is 1.32 bits per heavy atom. The molecular weight excluding hydrogens is 319 g/mol. The van der Waals surface area contributed by atoms with E-state index in [1.54, 1.807) is 28.8 Å². The van der Waals surface area contributed by atoms with Crippen molar-refractivity contribution in [2.45, 2.75) is 32.7 Å². The fraction of sp³-hybridized carbons (Fsp3) is 0.316. The van der Waals surface area contributed by atoms with E-state index in [2.05, 4.69) is 15.3 Å². The summed E-state index contributed by atoms with van der Waals surface area (Å²) in [4.78, 5) is 21.6. The van der Waals surface area contributed by atoms with Gasteiger partial charge in [0.25, 0.3) is 5.91 Å². The van der Waals surface area contributed by atoms with Gasteiger partial charge in [0.05, 0.1) is 5.56 Å². The molecule has 25 heavy (non-hydrogen) atoms. The van der Waals surface area contributed by atoms with Crippen LogP contribution in [0.2, 0.25) is 0 Å². The van der Waals surface area contributed by atoms with Gasteiger partial charge in [0.2, 0.25) is 0 Å². The SMILES string of the molecule is Cc1nc(-c2cccc(F)c2)nc2c(C(=O)NC(C)C3CC3)ccn12. The van der Waals surface area contributed by atoms with Crippen molar-refractivity contribution in [3.05, 3.63) is 53.7 Å². The Morgan fingerprint density at radius 3 is 2.84 bits per heavy atom. The molecule has 1 aliphatic carbocycles. The molecule has 1 unspecified atom stereocenters. The molecule has 3 aromatic rings. The van der Waals surface area contributed by atoms with Gasteiger partial charge in [-0.2, -0.15) is 0 Å². The van der Waals surface area contributed by atoms with Crippen LogP contribution in [-0.4, -0.2) is 26.3 Å². The van der Waals surface area contributed by atoms with Crippen LogP contribution in [0, 0.1) is 18.7 Å². The van der Waals surface area contributed by atoms with E-state index in [1.165, 1.54) is 25.0 Å². The lowest BCUT2D eigenvalue weighted by molar-refractivity contribution is 0.0937. The minimum Gasteiger partial charge on any atom is -0.349 e. The number of rotatable bonds is 4. The van der Waals surface area contributed by atoms with Crippen LogP contribution in [0.25, 0.3) is 17.0 Å². The second-order valence-electron chi connectivity index (χ2n) is 6.63. The number of aryl methyl sites for hydroxylation is 1. The average Bonchev–Trinajstić information content (AvgIpc) is 3.34. The maximum atomic E-state index is 13.5. The zero-order chi connectivity index (χ0) is 17.6. The average molecular weight is 338 g/mol. The summed E-state index contributed by atoms with van der Waals surface area (Å²) in [6, 6.07) is 8.06. The molecule has 0 saturated heterocycles. The molecule has 1 saturated carbocycles. The number of benzene rings is 1. The minimum absolute atomic E-state index is 0.134. The van der Waals surface area contributed by atoms with Crippen LogP contribution in [0.5, 0.6) is 0 Å². The topological polar surface area (TPSA) is 59.3 Å². The summed E-state index contributed by atoms with van der Waals surface area (Å²) in [5, 5.41) is 3.05. The molecule has 4 rings (SSSR count). The number of carbonyl (C=O) groups is 1. The summed E-state index contributed by atoms with van der Waals surface area (Å²) in [5.41, 5.74) is 1.63. The maximum absolute atomic E-state index is 13.5. The van der Waals surface area contributed by atoms with Crippen LogP contribution in [0.3, 0.4) is 0 Å². The number of hydrogen-bond donors (Lipinski definition) is 1. The van der Waals surface area contributed by atoms with E-state index < -0.39 is 0 Å². The summed E-state index contributed by atoms with van der Waals surface area (Å²) in [7, 11) is 0. The van der Waals surface area contributed by atoms with Gasteiger partial charge >= 0.3 is 0 Å². The van der Waals surface area contributed by atoms with E-state index in [9.17, 15) is 9.18 Å². The van der Waals surface area contributed by atoms with Gasteiger partial charge in [0.1, 0.15) is 11.6 Å². The normalized spacial score (nSPS) is 15.3. The molecule has 2 aromatic heterocycles. The first kappa shape index (κ1) is 15.7. The largest absolute Gasteiger partial charge is 0.349 e. The van der Waals surface area contributed by atoms with Crippen LogP contribution < -0.4 is 5.32 Å². The second kappa shape index (κ2) is 5.95. The third kappa shape index (κ3) is 2.99. The van der Waals surface area contributed by atoms with E-state index in [1.807, 2.05) is 13.8 Å². The van der Waals surface area contributed by atoms with Gasteiger partial charge in [-0.25, -0.2) is 14.4 Å². The highest BCUT2D eigenvalue weighted by Crippen LogP contribution is 2.32. The lowest BCUT2D eigenvalue weighted by atomic mass is 10.2. The fourth-order valence-electron chi connectivity index (χ4n) is 3.06. The zero-order valence-corrected chi connectivity index (χ0v) is 14.2. The lowest BCUT2D eigenvalue weighted by Crippen LogP contribution is -2.34. The predicted molar refractivity (Wildman–Crippen MR) is 92.8 cm³/mol. The van der Waals surface area contributed by atoms with Crippen molar-refractivity contribution in [3.8, 4) is 11.4 Å². The summed E-state index contributed by atoms with van der Waals surface area (Å²) in [5.74, 6) is 1.21. The number of carbonyl (C=O) groups excluding carboxylic acids is 1. The van der Waals surface area contributed by atoms with Crippen LogP contribution in [0.4, 0.5) is 4.39 Å². The predicted octanol–water partition coefficient (Wildman–Crippen LogP) is 3.37. The van der Waals surface area contributed by atoms with Gasteiger partial charge < -0.3 is 5.32 Å². The highest BCUT2D eigenvalue weighted by Gasteiger charge is 2.29. The van der Waals surface area contributed by atoms with Crippen molar-refractivity contribution in [1.29, 1.82) is 0 Å². The molecule has 2 heterocycles. The van der Waals surface area contributed by atoms with Gasteiger partial charge in [-0.15, -0.1) is 0 Å². The molecule has 0 spiro atoms. The van der Waals surface area contributed by atoms with Gasteiger partial charge in [-0.3, -0.25) is 9.20 Å². The van der Waals surface area contributed by atoms with Crippen LogP contribution in [0.15, 0.2) is 36.5 Å². The van der Waals surface area contributed by atoms with Gasteiger partial charge in [-0.05, 0) is 50.8 Å². The van der Waals surface area contributed by atoms with E-state index >= 15 is 0 Å². The van der Waals surface area contributed by atoms with Crippen molar-refractivity contribution in [2.75, 3.05) is 0 Å². The third-order valence-electron chi connectivity index (χ3n) is 4.70. The Kier molecular flexibility index (Phi) is 3.75. The van der Waals surface area contributed by atoms with E-state index in [0.717, 1.165) is 0 Å². The van der Waals surface area contributed by atoms with Crippen molar-refractivity contribution in [1.82, 2.24) is 19.7 Å². The highest BCUT2D eigenvalue weighted by molar-refractivity contribution is 6.00. The Morgan fingerprint density at radius 2 is 2.12 bits per heavy atom.